The van der Waals surface area contributed by atoms with Gasteiger partial charge in [-0.15, -0.1) is 11.3 Å². The van der Waals surface area contributed by atoms with Crippen molar-refractivity contribution in [3.05, 3.63) is 65.1 Å². The number of halogens is 1. The lowest BCUT2D eigenvalue weighted by Crippen LogP contribution is -1.84. The van der Waals surface area contributed by atoms with E-state index in [4.69, 9.17) is 4.74 Å². The van der Waals surface area contributed by atoms with Gasteiger partial charge in [0.25, 0.3) is 0 Å². The fourth-order valence-electron chi connectivity index (χ4n) is 2.69. The van der Waals surface area contributed by atoms with Crippen molar-refractivity contribution in [3.63, 3.8) is 0 Å². The van der Waals surface area contributed by atoms with Gasteiger partial charge in [-0.1, -0.05) is 30.3 Å². The van der Waals surface area contributed by atoms with Crippen molar-refractivity contribution in [1.82, 2.24) is 0 Å². The molecule has 1 aromatic heterocycles. The molecule has 0 spiro atoms. The lowest BCUT2D eigenvalue weighted by Gasteiger charge is -2.05. The van der Waals surface area contributed by atoms with E-state index in [1.165, 1.54) is 31.3 Å². The van der Waals surface area contributed by atoms with Crippen molar-refractivity contribution < 1.29 is 4.74 Å². The van der Waals surface area contributed by atoms with Crippen LogP contribution in [0.4, 0.5) is 0 Å². The molecule has 0 saturated heterocycles. The van der Waals surface area contributed by atoms with Crippen LogP contribution in [0.25, 0.3) is 31.3 Å². The van der Waals surface area contributed by atoms with Crippen LogP contribution in [0.2, 0.25) is 0 Å². The normalized spacial score (nSPS) is 11.2. The average molecular weight is 369 g/mol. The van der Waals surface area contributed by atoms with Crippen LogP contribution in [0, 0.1) is 0 Å². The van der Waals surface area contributed by atoms with Crippen LogP contribution in [0.15, 0.2) is 65.1 Å². The zero-order valence-electron chi connectivity index (χ0n) is 12.0. The quantitative estimate of drug-likeness (QED) is 0.392. The highest BCUT2D eigenvalue weighted by atomic mass is 79.9. The van der Waals surface area contributed by atoms with Crippen molar-refractivity contribution in [2.45, 2.75) is 0 Å². The molecule has 0 atom stereocenters. The second-order valence-electron chi connectivity index (χ2n) is 5.20. The summed E-state index contributed by atoms with van der Waals surface area (Å²) in [6.07, 6.45) is 0. The van der Waals surface area contributed by atoms with Gasteiger partial charge in [0.1, 0.15) is 5.75 Å². The summed E-state index contributed by atoms with van der Waals surface area (Å²) >= 11 is 5.40. The van der Waals surface area contributed by atoms with Gasteiger partial charge < -0.3 is 4.74 Å². The Labute approximate surface area is 141 Å². The summed E-state index contributed by atoms with van der Waals surface area (Å²) in [5, 5.41) is 3.70. The fourth-order valence-corrected chi connectivity index (χ4v) is 4.31. The smallest absolute Gasteiger partial charge is 0.133 e. The molecule has 0 aliphatic heterocycles. The van der Waals surface area contributed by atoms with Crippen LogP contribution in [-0.2, 0) is 0 Å². The van der Waals surface area contributed by atoms with Gasteiger partial charge in [-0.25, -0.2) is 0 Å². The molecule has 0 aliphatic carbocycles. The lowest BCUT2D eigenvalue weighted by molar-refractivity contribution is 0.413. The molecule has 1 heterocycles. The molecule has 0 saturated carbocycles. The van der Waals surface area contributed by atoms with E-state index in [9.17, 15) is 0 Å². The molecule has 0 amide bonds. The Morgan fingerprint density at radius 1 is 0.864 bits per heavy atom. The van der Waals surface area contributed by atoms with Gasteiger partial charge in [0, 0.05) is 9.58 Å². The van der Waals surface area contributed by atoms with E-state index in [1.807, 2.05) is 11.3 Å². The van der Waals surface area contributed by atoms with E-state index in [0.717, 1.165) is 10.2 Å². The minimum Gasteiger partial charge on any atom is -0.496 e. The van der Waals surface area contributed by atoms with Crippen molar-refractivity contribution >= 4 is 48.1 Å². The number of ether oxygens (including phenoxy) is 1. The van der Waals surface area contributed by atoms with Gasteiger partial charge in [0.05, 0.1) is 11.6 Å². The van der Waals surface area contributed by atoms with E-state index in [1.54, 1.807) is 7.11 Å². The first-order valence-electron chi connectivity index (χ1n) is 7.01. The Morgan fingerprint density at radius 2 is 1.64 bits per heavy atom. The van der Waals surface area contributed by atoms with Crippen molar-refractivity contribution in [2.24, 2.45) is 0 Å². The van der Waals surface area contributed by atoms with Crippen LogP contribution in [0.3, 0.4) is 0 Å². The molecule has 3 aromatic carbocycles. The Hall–Kier alpha value is -1.84. The number of thiophene rings is 1. The highest BCUT2D eigenvalue weighted by Gasteiger charge is 2.08. The van der Waals surface area contributed by atoms with Crippen LogP contribution < -0.4 is 4.74 Å². The van der Waals surface area contributed by atoms with Crippen LogP contribution in [0.1, 0.15) is 0 Å². The third-order valence-electron chi connectivity index (χ3n) is 3.80. The molecule has 0 fully saturated rings. The molecule has 0 aliphatic rings. The zero-order valence-corrected chi connectivity index (χ0v) is 14.4. The maximum Gasteiger partial charge on any atom is 0.133 e. The van der Waals surface area contributed by atoms with Gasteiger partial charge >= 0.3 is 0 Å². The highest BCUT2D eigenvalue weighted by molar-refractivity contribution is 9.10. The molecule has 22 heavy (non-hydrogen) atoms. The minimum atomic E-state index is 0.866. The van der Waals surface area contributed by atoms with Crippen LogP contribution >= 0.6 is 27.3 Å². The van der Waals surface area contributed by atoms with Crippen LogP contribution in [0.5, 0.6) is 5.75 Å². The van der Waals surface area contributed by atoms with Gasteiger partial charge in [-0.2, -0.15) is 0 Å². The second kappa shape index (κ2) is 5.41. The first-order valence-corrected chi connectivity index (χ1v) is 8.62. The summed E-state index contributed by atoms with van der Waals surface area (Å²) in [6, 6.07) is 21.5. The molecule has 0 radical (unpaired) electrons. The van der Waals surface area contributed by atoms with Crippen molar-refractivity contribution in [2.75, 3.05) is 7.11 Å². The zero-order chi connectivity index (χ0) is 15.1. The molecule has 4 rings (SSSR count). The summed E-state index contributed by atoms with van der Waals surface area (Å²) in [4.78, 5) is 1.30. The third-order valence-corrected chi connectivity index (χ3v) is 5.57. The Bertz CT molecular complexity index is 973. The Kier molecular flexibility index (Phi) is 3.40. The summed E-state index contributed by atoms with van der Waals surface area (Å²) < 4.78 is 7.69. The minimum absolute atomic E-state index is 0.866. The lowest BCUT2D eigenvalue weighted by atomic mass is 10.1. The molecular formula is C19H13BrOS. The second-order valence-corrected chi connectivity index (χ2v) is 7.14. The van der Waals surface area contributed by atoms with E-state index < -0.39 is 0 Å². The molecule has 0 N–H and O–H groups in total. The summed E-state index contributed by atoms with van der Waals surface area (Å²) in [5.74, 6) is 0.866. The molecule has 108 valence electrons. The molecular weight excluding hydrogens is 356 g/mol. The fraction of sp³-hybridized carbons (Fsp3) is 0.0526. The standard InChI is InChI=1S/C19H13BrOS/c1-21-17-9-13-7-15-11-18(12-5-3-2-4-6-12)22-19(15)10-14(13)8-16(17)20/h2-11H,1H3. The van der Waals surface area contributed by atoms with E-state index in [-0.39, 0.29) is 0 Å². The Balaban J connectivity index is 1.94. The highest BCUT2D eigenvalue weighted by Crippen LogP contribution is 2.38. The van der Waals surface area contributed by atoms with E-state index in [2.05, 4.69) is 76.6 Å². The molecule has 3 heteroatoms. The van der Waals surface area contributed by atoms with Gasteiger partial charge in [-0.3, -0.25) is 0 Å². The molecule has 1 nitrogen and oxygen atoms in total. The third kappa shape index (κ3) is 2.31. The van der Waals surface area contributed by atoms with E-state index in [0.29, 0.717) is 0 Å². The van der Waals surface area contributed by atoms with E-state index >= 15 is 0 Å². The topological polar surface area (TPSA) is 9.23 Å². The van der Waals surface area contributed by atoms with Gasteiger partial charge in [0.15, 0.2) is 0 Å². The number of hydrogen-bond donors (Lipinski definition) is 0. The molecule has 0 bridgehead atoms. The summed E-state index contributed by atoms with van der Waals surface area (Å²) in [7, 11) is 1.70. The van der Waals surface area contributed by atoms with Crippen molar-refractivity contribution in [3.8, 4) is 16.2 Å². The average Bonchev–Trinajstić information content (AvgIpc) is 2.96. The SMILES string of the molecule is COc1cc2cc3cc(-c4ccccc4)sc3cc2cc1Br. The number of hydrogen-bond acceptors (Lipinski definition) is 2. The first-order chi connectivity index (χ1) is 10.7. The Morgan fingerprint density at radius 3 is 2.41 bits per heavy atom. The maximum absolute atomic E-state index is 5.40. The number of benzene rings is 3. The number of rotatable bonds is 2. The van der Waals surface area contributed by atoms with Gasteiger partial charge in [-0.05, 0) is 68.0 Å². The predicted octanol–water partition coefficient (Wildman–Crippen LogP) is 6.49. The first kappa shape index (κ1) is 13.8. The van der Waals surface area contributed by atoms with Crippen molar-refractivity contribution in [1.29, 1.82) is 0 Å². The monoisotopic (exact) mass is 368 g/mol. The van der Waals surface area contributed by atoms with Gasteiger partial charge in [0.2, 0.25) is 0 Å². The largest absolute Gasteiger partial charge is 0.496 e. The number of methoxy groups -OCH3 is 1. The molecule has 0 unspecified atom stereocenters. The maximum atomic E-state index is 5.40. The molecule has 4 aromatic rings. The summed E-state index contributed by atoms with van der Waals surface area (Å²) in [6.45, 7) is 0. The van der Waals surface area contributed by atoms with Crippen LogP contribution in [-0.4, -0.2) is 7.11 Å². The predicted molar refractivity (Wildman–Crippen MR) is 99.0 cm³/mol. The summed E-state index contributed by atoms with van der Waals surface area (Å²) in [5.41, 5.74) is 1.27. The number of fused-ring (bicyclic) bond motifs is 2.